The molecule has 2 N–H and O–H groups in total. The lowest BCUT2D eigenvalue weighted by molar-refractivity contribution is 0.614. The summed E-state index contributed by atoms with van der Waals surface area (Å²) in [7, 11) is -1.35. The van der Waals surface area contributed by atoms with Crippen LogP contribution in [0.4, 0.5) is 10.1 Å². The van der Waals surface area contributed by atoms with Crippen molar-refractivity contribution < 1.29 is 8.60 Å². The summed E-state index contributed by atoms with van der Waals surface area (Å²) in [5.74, 6) is -0.249. The lowest BCUT2D eigenvalue weighted by atomic mass is 10.2. The summed E-state index contributed by atoms with van der Waals surface area (Å²) in [5, 5.41) is 0. The normalized spacial score (nSPS) is 12.4. The number of nitrogen functional groups attached to an aromatic ring is 1. The Labute approximate surface area is 122 Å². The van der Waals surface area contributed by atoms with Crippen LogP contribution in [0.25, 0.3) is 0 Å². The molecule has 2 aromatic carbocycles. The minimum Gasteiger partial charge on any atom is -0.398 e. The van der Waals surface area contributed by atoms with E-state index < -0.39 is 10.8 Å². The minimum absolute atomic E-state index is 0.118. The van der Waals surface area contributed by atoms with Crippen molar-refractivity contribution in [2.75, 3.05) is 5.73 Å². The summed E-state index contributed by atoms with van der Waals surface area (Å²) >= 11 is 3.19. The Morgan fingerprint density at radius 1 is 1.26 bits per heavy atom. The largest absolute Gasteiger partial charge is 0.398 e. The predicted octanol–water partition coefficient (Wildman–Crippen LogP) is 3.79. The van der Waals surface area contributed by atoms with Crippen LogP contribution in [-0.4, -0.2) is 4.21 Å². The van der Waals surface area contributed by atoms with Gasteiger partial charge in [-0.05, 0) is 36.8 Å². The molecule has 0 aliphatic rings. The van der Waals surface area contributed by atoms with Crippen molar-refractivity contribution in [2.24, 2.45) is 0 Å². The maximum atomic E-state index is 13.7. The molecule has 19 heavy (non-hydrogen) atoms. The van der Waals surface area contributed by atoms with Crippen LogP contribution in [0.2, 0.25) is 0 Å². The van der Waals surface area contributed by atoms with Gasteiger partial charge in [-0.2, -0.15) is 0 Å². The van der Waals surface area contributed by atoms with Crippen molar-refractivity contribution in [1.82, 2.24) is 0 Å². The van der Waals surface area contributed by atoms with E-state index in [0.717, 1.165) is 5.56 Å². The number of aryl methyl sites for hydroxylation is 1. The van der Waals surface area contributed by atoms with Crippen molar-refractivity contribution in [3.05, 3.63) is 57.8 Å². The highest BCUT2D eigenvalue weighted by Crippen LogP contribution is 2.23. The van der Waals surface area contributed by atoms with Gasteiger partial charge in [-0.3, -0.25) is 4.21 Å². The Morgan fingerprint density at radius 3 is 2.68 bits per heavy atom. The summed E-state index contributed by atoms with van der Waals surface area (Å²) in [4.78, 5) is 0.558. The summed E-state index contributed by atoms with van der Waals surface area (Å²) in [6.45, 7) is 1.90. The van der Waals surface area contributed by atoms with Crippen LogP contribution in [0.1, 0.15) is 11.1 Å². The van der Waals surface area contributed by atoms with Gasteiger partial charge >= 0.3 is 0 Å². The molecule has 5 heteroatoms. The van der Waals surface area contributed by atoms with Crippen LogP contribution in [0.5, 0.6) is 0 Å². The molecule has 0 saturated heterocycles. The molecule has 100 valence electrons. The van der Waals surface area contributed by atoms with Gasteiger partial charge in [0.15, 0.2) is 0 Å². The summed E-state index contributed by atoms with van der Waals surface area (Å²) in [6.07, 6.45) is 0. The monoisotopic (exact) mass is 341 g/mol. The first-order chi connectivity index (χ1) is 8.97. The van der Waals surface area contributed by atoms with Gasteiger partial charge in [-0.25, -0.2) is 4.39 Å². The van der Waals surface area contributed by atoms with Crippen LogP contribution < -0.4 is 5.73 Å². The highest BCUT2D eigenvalue weighted by Gasteiger charge is 2.12. The second-order valence-corrected chi connectivity index (χ2v) is 6.60. The predicted molar refractivity (Wildman–Crippen MR) is 79.8 cm³/mol. The molecule has 1 unspecified atom stereocenters. The summed E-state index contributed by atoms with van der Waals surface area (Å²) in [5.41, 5.74) is 7.68. The van der Waals surface area contributed by atoms with Gasteiger partial charge in [-0.1, -0.05) is 28.1 Å². The van der Waals surface area contributed by atoms with Crippen LogP contribution in [-0.2, 0) is 16.6 Å². The molecule has 1 atom stereocenters. The van der Waals surface area contributed by atoms with Crippen molar-refractivity contribution in [3.8, 4) is 0 Å². The van der Waals surface area contributed by atoms with Crippen molar-refractivity contribution in [3.63, 3.8) is 0 Å². The van der Waals surface area contributed by atoms with Gasteiger partial charge in [0.1, 0.15) is 5.82 Å². The molecular formula is C14H13BrFNOS. The van der Waals surface area contributed by atoms with E-state index >= 15 is 0 Å². The van der Waals surface area contributed by atoms with Crippen molar-refractivity contribution >= 4 is 32.4 Å². The number of nitrogens with two attached hydrogens (primary N) is 1. The Hall–Kier alpha value is -1.20. The lowest BCUT2D eigenvalue weighted by Gasteiger charge is -2.08. The molecule has 0 fully saturated rings. The van der Waals surface area contributed by atoms with Gasteiger partial charge in [0.25, 0.3) is 0 Å². The summed E-state index contributed by atoms with van der Waals surface area (Å²) in [6, 6.07) is 10.1. The fraction of sp³-hybridized carbons (Fsp3) is 0.143. The third-order valence-electron chi connectivity index (χ3n) is 2.72. The third-order valence-corrected chi connectivity index (χ3v) is 4.63. The van der Waals surface area contributed by atoms with Gasteiger partial charge in [0, 0.05) is 15.7 Å². The minimum atomic E-state index is -1.35. The second-order valence-electron chi connectivity index (χ2n) is 4.27. The van der Waals surface area contributed by atoms with E-state index in [1.54, 1.807) is 24.3 Å². The van der Waals surface area contributed by atoms with Gasteiger partial charge in [0.2, 0.25) is 0 Å². The molecule has 0 saturated carbocycles. The SMILES string of the molecule is Cc1ccc(N)c(S(=O)Cc2ccc(Br)cc2F)c1. The Balaban J connectivity index is 2.28. The fourth-order valence-electron chi connectivity index (χ4n) is 1.70. The van der Waals surface area contributed by atoms with Gasteiger partial charge in [0.05, 0.1) is 21.4 Å². The Bertz CT molecular complexity index is 645. The second kappa shape index (κ2) is 5.84. The molecular weight excluding hydrogens is 329 g/mol. The van der Waals surface area contributed by atoms with Crippen LogP contribution in [0.3, 0.4) is 0 Å². The average Bonchev–Trinajstić information content (AvgIpc) is 2.35. The standard InChI is InChI=1S/C14H13BrFNOS/c1-9-2-5-13(17)14(6-9)19(18)8-10-3-4-11(15)7-12(10)16/h2-7H,8,17H2,1H3. The zero-order chi connectivity index (χ0) is 14.0. The highest BCUT2D eigenvalue weighted by atomic mass is 79.9. The number of hydrogen-bond acceptors (Lipinski definition) is 2. The van der Waals surface area contributed by atoms with E-state index in [2.05, 4.69) is 15.9 Å². The van der Waals surface area contributed by atoms with Crippen LogP contribution >= 0.6 is 15.9 Å². The van der Waals surface area contributed by atoms with E-state index in [4.69, 9.17) is 5.73 Å². The number of benzene rings is 2. The number of halogens is 2. The van der Waals surface area contributed by atoms with E-state index in [9.17, 15) is 8.60 Å². The van der Waals surface area contributed by atoms with Gasteiger partial charge in [-0.15, -0.1) is 0 Å². The molecule has 2 nitrogen and oxygen atoms in total. The molecule has 0 aliphatic carbocycles. The Kier molecular flexibility index (Phi) is 4.37. The molecule has 2 rings (SSSR count). The topological polar surface area (TPSA) is 43.1 Å². The van der Waals surface area contributed by atoms with Crippen molar-refractivity contribution in [2.45, 2.75) is 17.6 Å². The van der Waals surface area contributed by atoms with E-state index in [1.165, 1.54) is 6.07 Å². The number of anilines is 1. The molecule has 0 aromatic heterocycles. The molecule has 0 heterocycles. The lowest BCUT2D eigenvalue weighted by Crippen LogP contribution is -2.03. The fourth-order valence-corrected chi connectivity index (χ4v) is 3.35. The smallest absolute Gasteiger partial charge is 0.128 e. The first-order valence-corrected chi connectivity index (χ1v) is 7.77. The highest BCUT2D eigenvalue weighted by molar-refractivity contribution is 9.10. The molecule has 0 bridgehead atoms. The van der Waals surface area contributed by atoms with Crippen LogP contribution in [0, 0.1) is 12.7 Å². The van der Waals surface area contributed by atoms with E-state index in [1.807, 2.05) is 13.0 Å². The first kappa shape index (κ1) is 14.2. The molecule has 0 spiro atoms. The van der Waals surface area contributed by atoms with Crippen molar-refractivity contribution in [1.29, 1.82) is 0 Å². The quantitative estimate of drug-likeness (QED) is 0.863. The van der Waals surface area contributed by atoms with E-state index in [0.29, 0.717) is 20.6 Å². The Morgan fingerprint density at radius 2 is 2.00 bits per heavy atom. The number of hydrogen-bond donors (Lipinski definition) is 1. The first-order valence-electron chi connectivity index (χ1n) is 5.66. The molecule has 0 radical (unpaired) electrons. The maximum absolute atomic E-state index is 13.7. The zero-order valence-electron chi connectivity index (χ0n) is 10.3. The maximum Gasteiger partial charge on any atom is 0.128 e. The summed E-state index contributed by atoms with van der Waals surface area (Å²) < 4.78 is 26.6. The molecule has 2 aromatic rings. The van der Waals surface area contributed by atoms with Crippen LogP contribution in [0.15, 0.2) is 45.8 Å². The van der Waals surface area contributed by atoms with E-state index in [-0.39, 0.29) is 11.6 Å². The zero-order valence-corrected chi connectivity index (χ0v) is 12.7. The number of rotatable bonds is 3. The molecule has 0 amide bonds. The van der Waals surface area contributed by atoms with Gasteiger partial charge < -0.3 is 5.73 Å². The average molecular weight is 342 g/mol. The third kappa shape index (κ3) is 3.42. The molecule has 0 aliphatic heterocycles.